The molecule has 0 bridgehead atoms. The number of carbonyl (C=O) groups excluding carboxylic acids is 1. The van der Waals surface area contributed by atoms with Gasteiger partial charge in [0.05, 0.1) is 6.54 Å². The van der Waals surface area contributed by atoms with Gasteiger partial charge < -0.3 is 15.4 Å². The van der Waals surface area contributed by atoms with Crippen LogP contribution in [-0.4, -0.2) is 31.7 Å². The molecule has 0 saturated carbocycles. The van der Waals surface area contributed by atoms with Gasteiger partial charge in [-0.15, -0.1) is 0 Å². The zero-order valence-corrected chi connectivity index (χ0v) is 12.3. The third-order valence-electron chi connectivity index (χ3n) is 3.81. The average Bonchev–Trinajstić information content (AvgIpc) is 2.46. The van der Waals surface area contributed by atoms with Gasteiger partial charge in [0.1, 0.15) is 0 Å². The van der Waals surface area contributed by atoms with Crippen LogP contribution < -0.4 is 10.6 Å². The fourth-order valence-electron chi connectivity index (χ4n) is 2.55. The van der Waals surface area contributed by atoms with Gasteiger partial charge in [-0.2, -0.15) is 0 Å². The molecule has 4 nitrogen and oxygen atoms in total. The van der Waals surface area contributed by atoms with E-state index in [0.29, 0.717) is 6.54 Å². The van der Waals surface area contributed by atoms with Crippen molar-refractivity contribution in [2.24, 2.45) is 0 Å². The monoisotopic (exact) mass is 276 g/mol. The minimum absolute atomic E-state index is 0.0670. The van der Waals surface area contributed by atoms with Gasteiger partial charge in [0.15, 0.2) is 0 Å². The summed E-state index contributed by atoms with van der Waals surface area (Å²) in [4.78, 5) is 11.9. The molecule has 0 spiro atoms. The highest BCUT2D eigenvalue weighted by Gasteiger charge is 2.16. The summed E-state index contributed by atoms with van der Waals surface area (Å²) >= 11 is 0. The lowest BCUT2D eigenvalue weighted by molar-refractivity contribution is -0.121. The molecule has 20 heavy (non-hydrogen) atoms. The van der Waals surface area contributed by atoms with Crippen LogP contribution >= 0.6 is 0 Å². The highest BCUT2D eigenvalue weighted by Crippen LogP contribution is 2.16. The Kier molecular flexibility index (Phi) is 5.56. The first-order valence-corrected chi connectivity index (χ1v) is 7.33. The lowest BCUT2D eigenvalue weighted by Gasteiger charge is -2.24. The second-order valence-corrected chi connectivity index (χ2v) is 5.41. The maximum absolute atomic E-state index is 11.9. The fraction of sp³-hybridized carbons (Fsp3) is 0.562. The number of rotatable bonds is 5. The first kappa shape index (κ1) is 15.0. The third-order valence-corrected chi connectivity index (χ3v) is 3.81. The van der Waals surface area contributed by atoms with Gasteiger partial charge in [0.25, 0.3) is 0 Å². The smallest absolute Gasteiger partial charge is 0.234 e. The van der Waals surface area contributed by atoms with Crippen molar-refractivity contribution in [1.82, 2.24) is 10.6 Å². The summed E-state index contributed by atoms with van der Waals surface area (Å²) in [6.07, 6.45) is 1.83. The van der Waals surface area contributed by atoms with Gasteiger partial charge in [0.2, 0.25) is 5.91 Å². The molecule has 0 aromatic heterocycles. The SMILES string of the molecule is Cc1ccccc1[C@@H](C)NCC(=O)NC1CCOCC1. The molecule has 0 aliphatic carbocycles. The molecule has 1 aliphatic rings. The van der Waals surface area contributed by atoms with Crippen molar-refractivity contribution in [3.63, 3.8) is 0 Å². The fourth-order valence-corrected chi connectivity index (χ4v) is 2.55. The minimum Gasteiger partial charge on any atom is -0.381 e. The molecule has 2 N–H and O–H groups in total. The van der Waals surface area contributed by atoms with Crippen molar-refractivity contribution >= 4 is 5.91 Å². The van der Waals surface area contributed by atoms with Crippen LogP contribution in [0.2, 0.25) is 0 Å². The van der Waals surface area contributed by atoms with E-state index in [1.807, 2.05) is 12.1 Å². The molecule has 1 aromatic carbocycles. The standard InChI is InChI=1S/C16H24N2O2/c1-12-5-3-4-6-15(12)13(2)17-11-16(19)18-14-7-9-20-10-8-14/h3-6,13-14,17H,7-11H2,1-2H3,(H,18,19)/t13-/m1/s1. The molecule has 1 fully saturated rings. The first-order chi connectivity index (χ1) is 9.66. The number of aryl methyl sites for hydroxylation is 1. The molecule has 110 valence electrons. The van der Waals surface area contributed by atoms with Gasteiger partial charge in [0, 0.05) is 25.3 Å². The van der Waals surface area contributed by atoms with E-state index in [4.69, 9.17) is 4.74 Å². The molecular weight excluding hydrogens is 252 g/mol. The lowest BCUT2D eigenvalue weighted by atomic mass is 10.0. The molecule has 0 radical (unpaired) electrons. The Morgan fingerprint density at radius 1 is 1.35 bits per heavy atom. The largest absolute Gasteiger partial charge is 0.381 e. The Morgan fingerprint density at radius 3 is 2.75 bits per heavy atom. The van der Waals surface area contributed by atoms with Crippen LogP contribution in [-0.2, 0) is 9.53 Å². The normalized spacial score (nSPS) is 17.7. The zero-order chi connectivity index (χ0) is 14.4. The quantitative estimate of drug-likeness (QED) is 0.864. The Balaban J connectivity index is 1.76. The maximum atomic E-state index is 11.9. The summed E-state index contributed by atoms with van der Waals surface area (Å²) in [5.74, 6) is 0.0670. The molecular formula is C16H24N2O2. The van der Waals surface area contributed by atoms with E-state index in [-0.39, 0.29) is 18.0 Å². The van der Waals surface area contributed by atoms with Crippen LogP contribution in [0.4, 0.5) is 0 Å². The van der Waals surface area contributed by atoms with Gasteiger partial charge in [-0.3, -0.25) is 4.79 Å². The topological polar surface area (TPSA) is 50.4 Å². The highest BCUT2D eigenvalue weighted by atomic mass is 16.5. The number of amides is 1. The van der Waals surface area contributed by atoms with E-state index >= 15 is 0 Å². The molecule has 1 atom stereocenters. The van der Waals surface area contributed by atoms with Crippen LogP contribution in [0.3, 0.4) is 0 Å². The van der Waals surface area contributed by atoms with Crippen molar-refractivity contribution < 1.29 is 9.53 Å². The Labute approximate surface area is 120 Å². The van der Waals surface area contributed by atoms with E-state index in [2.05, 4.69) is 36.6 Å². The Hall–Kier alpha value is -1.39. The summed E-state index contributed by atoms with van der Waals surface area (Å²) < 4.78 is 5.28. The van der Waals surface area contributed by atoms with Crippen molar-refractivity contribution in [3.05, 3.63) is 35.4 Å². The van der Waals surface area contributed by atoms with Crippen LogP contribution in [0.25, 0.3) is 0 Å². The number of benzene rings is 1. The van der Waals surface area contributed by atoms with Crippen LogP contribution in [0.5, 0.6) is 0 Å². The maximum Gasteiger partial charge on any atom is 0.234 e. The molecule has 2 rings (SSSR count). The van der Waals surface area contributed by atoms with Gasteiger partial charge in [-0.25, -0.2) is 0 Å². The third kappa shape index (κ3) is 4.32. The Morgan fingerprint density at radius 2 is 2.05 bits per heavy atom. The zero-order valence-electron chi connectivity index (χ0n) is 12.3. The molecule has 0 unspecified atom stereocenters. The molecule has 1 heterocycles. The van der Waals surface area contributed by atoms with Crippen molar-refractivity contribution in [3.8, 4) is 0 Å². The van der Waals surface area contributed by atoms with Crippen LogP contribution in [0, 0.1) is 6.92 Å². The van der Waals surface area contributed by atoms with Crippen LogP contribution in [0.15, 0.2) is 24.3 Å². The molecule has 1 aromatic rings. The number of hydrogen-bond donors (Lipinski definition) is 2. The van der Waals surface area contributed by atoms with Gasteiger partial charge in [-0.1, -0.05) is 24.3 Å². The summed E-state index contributed by atoms with van der Waals surface area (Å²) in [7, 11) is 0. The summed E-state index contributed by atoms with van der Waals surface area (Å²) in [6, 6.07) is 8.70. The number of ether oxygens (including phenoxy) is 1. The second-order valence-electron chi connectivity index (χ2n) is 5.41. The predicted octanol–water partition coefficient (Wildman–Crippen LogP) is 1.94. The summed E-state index contributed by atoms with van der Waals surface area (Å²) in [6.45, 7) is 6.03. The van der Waals surface area contributed by atoms with Gasteiger partial charge >= 0.3 is 0 Å². The van der Waals surface area contributed by atoms with E-state index in [1.165, 1.54) is 11.1 Å². The van der Waals surface area contributed by atoms with E-state index < -0.39 is 0 Å². The second kappa shape index (κ2) is 7.41. The predicted molar refractivity (Wildman–Crippen MR) is 79.6 cm³/mol. The average molecular weight is 276 g/mol. The van der Waals surface area contributed by atoms with E-state index in [1.54, 1.807) is 0 Å². The molecule has 1 saturated heterocycles. The highest BCUT2D eigenvalue weighted by molar-refractivity contribution is 5.78. The van der Waals surface area contributed by atoms with E-state index in [0.717, 1.165) is 26.1 Å². The van der Waals surface area contributed by atoms with Crippen LogP contribution in [0.1, 0.15) is 36.9 Å². The lowest BCUT2D eigenvalue weighted by Crippen LogP contribution is -2.43. The molecule has 1 amide bonds. The Bertz CT molecular complexity index is 442. The van der Waals surface area contributed by atoms with Crippen molar-refractivity contribution in [2.75, 3.05) is 19.8 Å². The van der Waals surface area contributed by atoms with Gasteiger partial charge in [-0.05, 0) is 37.8 Å². The number of carbonyl (C=O) groups is 1. The first-order valence-electron chi connectivity index (χ1n) is 7.33. The summed E-state index contributed by atoms with van der Waals surface area (Å²) in [5.41, 5.74) is 2.49. The number of hydrogen-bond acceptors (Lipinski definition) is 3. The van der Waals surface area contributed by atoms with E-state index in [9.17, 15) is 4.79 Å². The number of nitrogens with one attached hydrogen (secondary N) is 2. The summed E-state index contributed by atoms with van der Waals surface area (Å²) in [5, 5.41) is 6.34. The van der Waals surface area contributed by atoms with Crippen molar-refractivity contribution in [1.29, 1.82) is 0 Å². The molecule has 1 aliphatic heterocycles. The molecule has 4 heteroatoms. The minimum atomic E-state index is 0.0670. The van der Waals surface area contributed by atoms with Crippen molar-refractivity contribution in [2.45, 2.75) is 38.8 Å².